The van der Waals surface area contributed by atoms with Crippen molar-refractivity contribution in [2.45, 2.75) is 25.6 Å². The third-order valence-corrected chi connectivity index (χ3v) is 6.45. The van der Waals surface area contributed by atoms with Crippen LogP contribution in [-0.4, -0.2) is 41.8 Å². The zero-order chi connectivity index (χ0) is 25.0. The van der Waals surface area contributed by atoms with E-state index >= 15 is 0 Å². The second-order valence-electron chi connectivity index (χ2n) is 8.90. The first-order valence-electron chi connectivity index (χ1n) is 11.6. The lowest BCUT2D eigenvalue weighted by Crippen LogP contribution is -2.43. The Kier molecular flexibility index (Phi) is 7.24. The van der Waals surface area contributed by atoms with Crippen LogP contribution in [0.1, 0.15) is 34.3 Å². The first-order chi connectivity index (χ1) is 16.7. The third-order valence-electron chi connectivity index (χ3n) is 6.45. The molecular formula is C28H27F3N2O2. The number of rotatable bonds is 5. The molecule has 1 saturated heterocycles. The molecule has 0 aromatic heterocycles. The van der Waals surface area contributed by atoms with Crippen LogP contribution >= 0.6 is 0 Å². The number of likely N-dealkylation sites (tertiary alicyclic amines) is 1. The third kappa shape index (κ3) is 5.91. The van der Waals surface area contributed by atoms with Gasteiger partial charge in [-0.2, -0.15) is 13.2 Å². The molecule has 3 aromatic carbocycles. The van der Waals surface area contributed by atoms with Gasteiger partial charge in [-0.3, -0.25) is 9.59 Å². The molecule has 3 aromatic rings. The fourth-order valence-corrected chi connectivity index (χ4v) is 4.41. The van der Waals surface area contributed by atoms with Crippen LogP contribution in [0.15, 0.2) is 78.9 Å². The van der Waals surface area contributed by atoms with Crippen LogP contribution in [-0.2, 0) is 17.5 Å². The van der Waals surface area contributed by atoms with Crippen LogP contribution in [0.5, 0.6) is 0 Å². The molecule has 0 aliphatic carbocycles. The number of carbonyl (C=O) groups is 2. The molecule has 1 heterocycles. The van der Waals surface area contributed by atoms with E-state index in [9.17, 15) is 22.8 Å². The van der Waals surface area contributed by atoms with Crippen LogP contribution in [0.4, 0.5) is 13.2 Å². The molecule has 7 heteroatoms. The van der Waals surface area contributed by atoms with Gasteiger partial charge >= 0.3 is 6.18 Å². The molecule has 1 aliphatic rings. The standard InChI is InChI=1S/C28H27F3N2O2/c1-32(19-20-7-9-22(10-8-20)21-5-3-2-4-6-21)26(34)24-15-17-33(18-16-24)27(35)23-11-13-25(14-12-23)28(29,30)31/h2-14,24H,15-19H2,1H3. The van der Waals surface area contributed by atoms with Gasteiger partial charge < -0.3 is 9.80 Å². The van der Waals surface area contributed by atoms with Crippen LogP contribution in [0, 0.1) is 5.92 Å². The summed E-state index contributed by atoms with van der Waals surface area (Å²) in [6.45, 7) is 1.30. The summed E-state index contributed by atoms with van der Waals surface area (Å²) in [5.74, 6) is -0.449. The van der Waals surface area contributed by atoms with E-state index in [1.807, 2.05) is 42.5 Å². The number of hydrogen-bond acceptors (Lipinski definition) is 2. The second-order valence-corrected chi connectivity index (χ2v) is 8.90. The van der Waals surface area contributed by atoms with Crippen molar-refractivity contribution in [1.29, 1.82) is 0 Å². The fourth-order valence-electron chi connectivity index (χ4n) is 4.41. The first kappa shape index (κ1) is 24.5. The van der Waals surface area contributed by atoms with Gasteiger partial charge in [0.1, 0.15) is 0 Å². The van der Waals surface area contributed by atoms with Crippen molar-refractivity contribution in [1.82, 2.24) is 9.80 Å². The lowest BCUT2D eigenvalue weighted by molar-refractivity contribution is -0.137. The van der Waals surface area contributed by atoms with E-state index in [0.717, 1.165) is 28.8 Å². The van der Waals surface area contributed by atoms with Crippen molar-refractivity contribution in [3.8, 4) is 11.1 Å². The quantitative estimate of drug-likeness (QED) is 0.457. The van der Waals surface area contributed by atoms with Gasteiger partial charge in [0.05, 0.1) is 5.56 Å². The number of alkyl halides is 3. The Hall–Kier alpha value is -3.61. The minimum atomic E-state index is -4.43. The lowest BCUT2D eigenvalue weighted by Gasteiger charge is -2.33. The van der Waals surface area contributed by atoms with Crippen LogP contribution < -0.4 is 0 Å². The maximum atomic E-state index is 13.0. The van der Waals surface area contributed by atoms with Crippen molar-refractivity contribution in [2.75, 3.05) is 20.1 Å². The van der Waals surface area contributed by atoms with E-state index in [2.05, 4.69) is 12.1 Å². The Balaban J connectivity index is 1.29. The molecule has 1 fully saturated rings. The average Bonchev–Trinajstić information content (AvgIpc) is 2.88. The number of nitrogens with zero attached hydrogens (tertiary/aromatic N) is 2. The molecule has 4 rings (SSSR count). The summed E-state index contributed by atoms with van der Waals surface area (Å²) >= 11 is 0. The Bertz CT molecular complexity index is 1150. The molecule has 35 heavy (non-hydrogen) atoms. The number of benzene rings is 3. The highest BCUT2D eigenvalue weighted by molar-refractivity contribution is 5.94. The van der Waals surface area contributed by atoms with Gasteiger partial charge in [-0.15, -0.1) is 0 Å². The zero-order valence-electron chi connectivity index (χ0n) is 19.5. The highest BCUT2D eigenvalue weighted by atomic mass is 19.4. The minimum Gasteiger partial charge on any atom is -0.341 e. The van der Waals surface area contributed by atoms with Crippen LogP contribution in [0.3, 0.4) is 0 Å². The molecule has 1 aliphatic heterocycles. The van der Waals surface area contributed by atoms with E-state index in [1.54, 1.807) is 16.8 Å². The number of amides is 2. The van der Waals surface area contributed by atoms with Crippen molar-refractivity contribution in [3.05, 3.63) is 95.6 Å². The van der Waals surface area contributed by atoms with Crippen LogP contribution in [0.25, 0.3) is 11.1 Å². The molecule has 4 nitrogen and oxygen atoms in total. The molecule has 0 saturated carbocycles. The minimum absolute atomic E-state index is 0.0405. The summed E-state index contributed by atoms with van der Waals surface area (Å²) < 4.78 is 38.3. The number of piperidine rings is 1. The van der Waals surface area contributed by atoms with Gasteiger partial charge in [-0.05, 0) is 53.8 Å². The van der Waals surface area contributed by atoms with Crippen LogP contribution in [0.2, 0.25) is 0 Å². The molecule has 0 unspecified atom stereocenters. The highest BCUT2D eigenvalue weighted by Crippen LogP contribution is 2.29. The monoisotopic (exact) mass is 480 g/mol. The van der Waals surface area contributed by atoms with E-state index in [-0.39, 0.29) is 23.3 Å². The van der Waals surface area contributed by atoms with E-state index in [4.69, 9.17) is 0 Å². The molecule has 2 amide bonds. The maximum Gasteiger partial charge on any atom is 0.416 e. The average molecular weight is 481 g/mol. The van der Waals surface area contributed by atoms with Gasteiger partial charge in [-0.25, -0.2) is 0 Å². The van der Waals surface area contributed by atoms with E-state index < -0.39 is 11.7 Å². The molecule has 0 atom stereocenters. The largest absolute Gasteiger partial charge is 0.416 e. The topological polar surface area (TPSA) is 40.6 Å². The second kappa shape index (κ2) is 10.3. The van der Waals surface area contributed by atoms with Crippen molar-refractivity contribution in [3.63, 3.8) is 0 Å². The normalized spacial score (nSPS) is 14.6. The highest BCUT2D eigenvalue weighted by Gasteiger charge is 2.32. The molecule has 0 bridgehead atoms. The lowest BCUT2D eigenvalue weighted by atomic mass is 9.94. The number of carbonyl (C=O) groups excluding carboxylic acids is 2. The zero-order valence-corrected chi connectivity index (χ0v) is 19.5. The molecule has 0 N–H and O–H groups in total. The predicted molar refractivity (Wildman–Crippen MR) is 128 cm³/mol. The Morgan fingerprint density at radius 2 is 1.43 bits per heavy atom. The summed E-state index contributed by atoms with van der Waals surface area (Å²) in [5, 5.41) is 0. The molecule has 182 valence electrons. The van der Waals surface area contributed by atoms with Crippen molar-refractivity contribution < 1.29 is 22.8 Å². The summed E-state index contributed by atoms with van der Waals surface area (Å²) in [7, 11) is 1.78. The first-order valence-corrected chi connectivity index (χ1v) is 11.6. The number of halogens is 3. The van der Waals surface area contributed by atoms with Gasteiger partial charge in [0, 0.05) is 38.2 Å². The van der Waals surface area contributed by atoms with Gasteiger partial charge in [0.15, 0.2) is 0 Å². The van der Waals surface area contributed by atoms with Gasteiger partial charge in [0.2, 0.25) is 5.91 Å². The van der Waals surface area contributed by atoms with Crippen molar-refractivity contribution >= 4 is 11.8 Å². The smallest absolute Gasteiger partial charge is 0.341 e. The van der Waals surface area contributed by atoms with Gasteiger partial charge in [-0.1, -0.05) is 54.6 Å². The Morgan fingerprint density at radius 3 is 2.00 bits per heavy atom. The Morgan fingerprint density at radius 1 is 0.857 bits per heavy atom. The van der Waals surface area contributed by atoms with Crippen molar-refractivity contribution in [2.24, 2.45) is 5.92 Å². The molecule has 0 radical (unpaired) electrons. The van der Waals surface area contributed by atoms with Gasteiger partial charge in [0.25, 0.3) is 5.91 Å². The summed E-state index contributed by atoms with van der Waals surface area (Å²) in [6, 6.07) is 22.5. The predicted octanol–water partition coefficient (Wildman–Crippen LogP) is 5.88. The van der Waals surface area contributed by atoms with E-state index in [0.29, 0.717) is 32.5 Å². The molecular weight excluding hydrogens is 453 g/mol. The maximum absolute atomic E-state index is 13.0. The molecule has 0 spiro atoms. The SMILES string of the molecule is CN(Cc1ccc(-c2ccccc2)cc1)C(=O)C1CCN(C(=O)c2ccc(C(F)(F)F)cc2)CC1. The summed E-state index contributed by atoms with van der Waals surface area (Å²) in [4.78, 5) is 29.0. The fraction of sp³-hybridized carbons (Fsp3) is 0.286. The summed E-state index contributed by atoms with van der Waals surface area (Å²) in [5.41, 5.74) is 2.74. The number of hydrogen-bond donors (Lipinski definition) is 0. The summed E-state index contributed by atoms with van der Waals surface area (Å²) in [6.07, 6.45) is -3.37. The van der Waals surface area contributed by atoms with E-state index in [1.165, 1.54) is 12.1 Å². The Labute approximate surface area is 203 Å².